The first kappa shape index (κ1) is 15.6. The van der Waals surface area contributed by atoms with E-state index in [1.54, 1.807) is 11.0 Å². The van der Waals surface area contributed by atoms with Crippen LogP contribution in [-0.4, -0.2) is 53.7 Å². The maximum absolute atomic E-state index is 12.3. The molecular formula is C13H13Cl2N3O3. The lowest BCUT2D eigenvalue weighted by Gasteiger charge is -2.34. The summed E-state index contributed by atoms with van der Waals surface area (Å²) >= 11 is 11.7. The van der Waals surface area contributed by atoms with E-state index in [2.05, 4.69) is 0 Å². The Balaban J connectivity index is 2.03. The lowest BCUT2D eigenvalue weighted by molar-refractivity contribution is -0.145. The summed E-state index contributed by atoms with van der Waals surface area (Å²) in [6.07, 6.45) is 0. The Hall–Kier alpha value is -1.79. The average Bonchev–Trinajstić information content (AvgIpc) is 2.44. The highest BCUT2D eigenvalue weighted by molar-refractivity contribution is 6.35. The van der Waals surface area contributed by atoms with E-state index in [1.165, 1.54) is 17.0 Å². The number of nitrogens with zero attached hydrogens (tertiary/aromatic N) is 2. The summed E-state index contributed by atoms with van der Waals surface area (Å²) in [6, 6.07) is 4.62. The van der Waals surface area contributed by atoms with Crippen LogP contribution in [0.1, 0.15) is 10.4 Å². The summed E-state index contributed by atoms with van der Waals surface area (Å²) in [5.41, 5.74) is 5.34. The van der Waals surface area contributed by atoms with Crippen molar-refractivity contribution in [2.45, 2.75) is 0 Å². The summed E-state index contributed by atoms with van der Waals surface area (Å²) in [7, 11) is 0. The zero-order valence-electron chi connectivity index (χ0n) is 11.0. The second-order valence-electron chi connectivity index (χ2n) is 4.61. The molecule has 0 saturated carbocycles. The van der Waals surface area contributed by atoms with Crippen molar-refractivity contribution >= 4 is 40.9 Å². The maximum atomic E-state index is 12.3. The van der Waals surface area contributed by atoms with Crippen molar-refractivity contribution in [2.75, 3.05) is 26.2 Å². The van der Waals surface area contributed by atoms with E-state index in [1.807, 2.05) is 0 Å². The SMILES string of the molecule is NC(=O)C(=O)N1CCN(C(=O)c2cc(Cl)cc(Cl)c2)CC1. The summed E-state index contributed by atoms with van der Waals surface area (Å²) in [6.45, 7) is 1.17. The molecule has 0 atom stereocenters. The van der Waals surface area contributed by atoms with Crippen LogP contribution in [-0.2, 0) is 9.59 Å². The first-order valence-electron chi connectivity index (χ1n) is 6.22. The number of amides is 3. The number of carbonyl (C=O) groups is 3. The first-order valence-corrected chi connectivity index (χ1v) is 6.98. The van der Waals surface area contributed by atoms with Crippen molar-refractivity contribution in [1.82, 2.24) is 9.80 Å². The first-order chi connectivity index (χ1) is 9.88. The number of primary amides is 1. The van der Waals surface area contributed by atoms with Crippen LogP contribution in [0.15, 0.2) is 18.2 Å². The molecular weight excluding hydrogens is 317 g/mol. The fourth-order valence-corrected chi connectivity index (χ4v) is 2.65. The molecule has 8 heteroatoms. The molecule has 112 valence electrons. The number of carbonyl (C=O) groups excluding carboxylic acids is 3. The van der Waals surface area contributed by atoms with Crippen LogP contribution in [0.5, 0.6) is 0 Å². The Labute approximate surface area is 131 Å². The second-order valence-corrected chi connectivity index (χ2v) is 5.48. The molecule has 1 aliphatic rings. The summed E-state index contributed by atoms with van der Waals surface area (Å²) < 4.78 is 0. The quantitative estimate of drug-likeness (QED) is 0.772. The smallest absolute Gasteiger partial charge is 0.311 e. The molecule has 3 amide bonds. The van der Waals surface area contributed by atoms with Gasteiger partial charge in [0.2, 0.25) is 0 Å². The zero-order valence-corrected chi connectivity index (χ0v) is 12.5. The Morgan fingerprint density at radius 2 is 1.38 bits per heavy atom. The van der Waals surface area contributed by atoms with Gasteiger partial charge in [0.05, 0.1) is 0 Å². The Kier molecular flexibility index (Phi) is 4.69. The van der Waals surface area contributed by atoms with Crippen LogP contribution in [0.2, 0.25) is 10.0 Å². The van der Waals surface area contributed by atoms with Gasteiger partial charge in [-0.3, -0.25) is 14.4 Å². The number of rotatable bonds is 1. The molecule has 1 saturated heterocycles. The van der Waals surface area contributed by atoms with Crippen LogP contribution >= 0.6 is 23.2 Å². The molecule has 2 N–H and O–H groups in total. The van der Waals surface area contributed by atoms with Crippen molar-refractivity contribution in [3.8, 4) is 0 Å². The average molecular weight is 330 g/mol. The number of halogens is 2. The fraction of sp³-hybridized carbons (Fsp3) is 0.308. The van der Waals surface area contributed by atoms with E-state index in [0.29, 0.717) is 28.7 Å². The Morgan fingerprint density at radius 3 is 1.86 bits per heavy atom. The summed E-state index contributed by atoms with van der Waals surface area (Å²) in [4.78, 5) is 37.5. The predicted molar refractivity (Wildman–Crippen MR) is 78.1 cm³/mol. The normalized spacial score (nSPS) is 15.0. The third kappa shape index (κ3) is 3.65. The highest BCUT2D eigenvalue weighted by Gasteiger charge is 2.27. The van der Waals surface area contributed by atoms with E-state index in [0.717, 1.165) is 0 Å². The molecule has 0 radical (unpaired) electrons. The van der Waals surface area contributed by atoms with Gasteiger partial charge in [-0.15, -0.1) is 0 Å². The van der Waals surface area contributed by atoms with E-state index in [4.69, 9.17) is 28.9 Å². The number of piperazine rings is 1. The van der Waals surface area contributed by atoms with Crippen molar-refractivity contribution in [1.29, 1.82) is 0 Å². The Morgan fingerprint density at radius 1 is 0.905 bits per heavy atom. The van der Waals surface area contributed by atoms with Crippen molar-refractivity contribution in [3.05, 3.63) is 33.8 Å². The van der Waals surface area contributed by atoms with Gasteiger partial charge in [0.15, 0.2) is 0 Å². The highest BCUT2D eigenvalue weighted by Crippen LogP contribution is 2.20. The number of benzene rings is 1. The van der Waals surface area contributed by atoms with Crippen molar-refractivity contribution < 1.29 is 14.4 Å². The Bertz CT molecular complexity index is 578. The van der Waals surface area contributed by atoms with Crippen LogP contribution in [0, 0.1) is 0 Å². The minimum absolute atomic E-state index is 0.217. The molecule has 1 fully saturated rings. The molecule has 2 rings (SSSR count). The van der Waals surface area contributed by atoms with Crippen LogP contribution in [0.4, 0.5) is 0 Å². The number of hydrogen-bond donors (Lipinski definition) is 1. The molecule has 21 heavy (non-hydrogen) atoms. The zero-order chi connectivity index (χ0) is 15.6. The standard InChI is InChI=1S/C13H13Cl2N3O3/c14-9-5-8(6-10(15)7-9)12(20)17-1-3-18(4-2-17)13(21)11(16)19/h5-7H,1-4H2,(H2,16,19). The fourth-order valence-electron chi connectivity index (χ4n) is 2.13. The minimum Gasteiger partial charge on any atom is -0.361 e. The van der Waals surface area contributed by atoms with Gasteiger partial charge in [-0.05, 0) is 18.2 Å². The van der Waals surface area contributed by atoms with Crippen molar-refractivity contribution in [3.63, 3.8) is 0 Å². The molecule has 0 bridgehead atoms. The van der Waals surface area contributed by atoms with Crippen LogP contribution in [0.25, 0.3) is 0 Å². The van der Waals surface area contributed by atoms with E-state index in [9.17, 15) is 14.4 Å². The minimum atomic E-state index is -0.989. The molecule has 6 nitrogen and oxygen atoms in total. The van der Waals surface area contributed by atoms with Gasteiger partial charge in [-0.25, -0.2) is 0 Å². The molecule has 0 spiro atoms. The molecule has 1 aromatic rings. The van der Waals surface area contributed by atoms with Gasteiger partial charge in [0.1, 0.15) is 0 Å². The summed E-state index contributed by atoms with van der Waals surface area (Å²) in [5, 5.41) is 0.766. The van der Waals surface area contributed by atoms with E-state index < -0.39 is 11.8 Å². The number of nitrogens with two attached hydrogens (primary N) is 1. The van der Waals surface area contributed by atoms with Gasteiger partial charge >= 0.3 is 11.8 Å². The monoisotopic (exact) mass is 329 g/mol. The van der Waals surface area contributed by atoms with E-state index in [-0.39, 0.29) is 19.0 Å². The molecule has 0 aromatic heterocycles. The molecule has 1 aromatic carbocycles. The summed E-state index contributed by atoms with van der Waals surface area (Å²) in [5.74, 6) is -1.94. The lowest BCUT2D eigenvalue weighted by Crippen LogP contribution is -2.53. The highest BCUT2D eigenvalue weighted by atomic mass is 35.5. The molecule has 1 aliphatic heterocycles. The molecule has 1 heterocycles. The van der Waals surface area contributed by atoms with Gasteiger partial charge in [-0.2, -0.15) is 0 Å². The molecule has 0 aliphatic carbocycles. The lowest BCUT2D eigenvalue weighted by atomic mass is 10.2. The van der Waals surface area contributed by atoms with Crippen molar-refractivity contribution in [2.24, 2.45) is 5.73 Å². The maximum Gasteiger partial charge on any atom is 0.311 e. The predicted octanol–water partition coefficient (Wildman–Crippen LogP) is 0.763. The molecule has 0 unspecified atom stereocenters. The second kappa shape index (κ2) is 6.32. The number of hydrogen-bond acceptors (Lipinski definition) is 3. The van der Waals surface area contributed by atoms with Gasteiger partial charge in [0, 0.05) is 41.8 Å². The van der Waals surface area contributed by atoms with E-state index >= 15 is 0 Å². The van der Waals surface area contributed by atoms with Crippen LogP contribution in [0.3, 0.4) is 0 Å². The third-order valence-corrected chi connectivity index (χ3v) is 3.61. The third-order valence-electron chi connectivity index (χ3n) is 3.17. The van der Waals surface area contributed by atoms with Gasteiger partial charge in [0.25, 0.3) is 5.91 Å². The van der Waals surface area contributed by atoms with Crippen LogP contribution < -0.4 is 5.73 Å². The largest absolute Gasteiger partial charge is 0.361 e. The topological polar surface area (TPSA) is 83.7 Å². The van der Waals surface area contributed by atoms with Gasteiger partial charge < -0.3 is 15.5 Å². The van der Waals surface area contributed by atoms with Gasteiger partial charge in [-0.1, -0.05) is 23.2 Å².